The molecule has 0 bridgehead atoms. The van der Waals surface area contributed by atoms with Gasteiger partial charge < -0.3 is 9.88 Å². The third-order valence-corrected chi connectivity index (χ3v) is 7.67. The summed E-state index contributed by atoms with van der Waals surface area (Å²) >= 11 is 0. The van der Waals surface area contributed by atoms with Gasteiger partial charge in [0.1, 0.15) is 15.4 Å². The molecule has 1 aliphatic heterocycles. The standard InChI is InChI=1S/C24H28N4O3S/c1-24(2,3)22(29)16-9-25-23-21(16)27-20(10-26-23)14-6-5-7-15(8-14)28-11-17-18(12-28)19(17)13-32(4,30)31/h5-10,17-19H,11-13H2,1-4H3,(H,25,26)/t17-,18+,19?. The van der Waals surface area contributed by atoms with Crippen LogP contribution in [0.4, 0.5) is 5.69 Å². The van der Waals surface area contributed by atoms with Crippen molar-refractivity contribution in [3.8, 4) is 11.3 Å². The number of rotatable bonds is 5. The van der Waals surface area contributed by atoms with E-state index in [9.17, 15) is 13.2 Å². The van der Waals surface area contributed by atoms with Gasteiger partial charge in [0.25, 0.3) is 0 Å². The van der Waals surface area contributed by atoms with Crippen molar-refractivity contribution < 1.29 is 13.2 Å². The lowest BCUT2D eigenvalue weighted by molar-refractivity contribution is 0.0860. The number of fused-ring (bicyclic) bond motifs is 2. The van der Waals surface area contributed by atoms with Gasteiger partial charge in [-0.05, 0) is 29.9 Å². The average molecular weight is 453 g/mol. The predicted octanol–water partition coefficient (Wildman–Crippen LogP) is 3.58. The molecule has 8 heteroatoms. The van der Waals surface area contributed by atoms with Crippen LogP contribution in [0.2, 0.25) is 0 Å². The Labute approximate surface area is 188 Å². The molecule has 0 spiro atoms. The third-order valence-electron chi connectivity index (χ3n) is 6.68. The molecule has 1 unspecified atom stereocenters. The summed E-state index contributed by atoms with van der Waals surface area (Å²) in [5.74, 6) is 1.58. The maximum atomic E-state index is 12.8. The summed E-state index contributed by atoms with van der Waals surface area (Å²) in [4.78, 5) is 27.5. The average Bonchev–Trinajstić information content (AvgIpc) is 3.11. The number of ketones is 1. The summed E-state index contributed by atoms with van der Waals surface area (Å²) in [6.07, 6.45) is 4.75. The normalized spacial score (nSPS) is 22.9. The number of anilines is 1. The summed E-state index contributed by atoms with van der Waals surface area (Å²) in [6, 6.07) is 8.19. The minimum atomic E-state index is -2.92. The van der Waals surface area contributed by atoms with Crippen molar-refractivity contribution in [2.45, 2.75) is 20.8 Å². The molecule has 2 fully saturated rings. The van der Waals surface area contributed by atoms with Crippen LogP contribution in [0.25, 0.3) is 22.4 Å². The number of sulfone groups is 1. The molecular formula is C24H28N4O3S. The fraction of sp³-hybridized carbons (Fsp3) is 0.458. The van der Waals surface area contributed by atoms with E-state index in [1.54, 1.807) is 12.4 Å². The van der Waals surface area contributed by atoms with E-state index >= 15 is 0 Å². The van der Waals surface area contributed by atoms with E-state index in [2.05, 4.69) is 27.0 Å². The minimum absolute atomic E-state index is 0.0314. The van der Waals surface area contributed by atoms with E-state index in [0.717, 1.165) is 30.0 Å². The van der Waals surface area contributed by atoms with Gasteiger partial charge in [-0.15, -0.1) is 0 Å². The maximum absolute atomic E-state index is 12.8. The molecule has 7 nitrogen and oxygen atoms in total. The number of Topliss-reactive ketones (excluding diaryl/α,β-unsaturated/α-hetero) is 1. The molecule has 2 aliphatic rings. The van der Waals surface area contributed by atoms with E-state index in [4.69, 9.17) is 4.98 Å². The Morgan fingerprint density at radius 1 is 1.22 bits per heavy atom. The van der Waals surface area contributed by atoms with Gasteiger partial charge in [0.15, 0.2) is 11.4 Å². The number of hydrogen-bond acceptors (Lipinski definition) is 6. The second-order valence-corrected chi connectivity index (χ2v) is 12.5. The second kappa shape index (κ2) is 7.13. The van der Waals surface area contributed by atoms with Crippen LogP contribution in [-0.4, -0.2) is 54.3 Å². The first-order chi connectivity index (χ1) is 15.0. The lowest BCUT2D eigenvalue weighted by Gasteiger charge is -2.22. The number of H-pyrrole nitrogens is 1. The van der Waals surface area contributed by atoms with Gasteiger partial charge in [-0.25, -0.2) is 18.4 Å². The number of aromatic amines is 1. The van der Waals surface area contributed by atoms with Crippen molar-refractivity contribution >= 4 is 32.5 Å². The van der Waals surface area contributed by atoms with Crippen LogP contribution < -0.4 is 4.90 Å². The number of nitrogens with one attached hydrogen (secondary N) is 1. The van der Waals surface area contributed by atoms with E-state index < -0.39 is 15.3 Å². The van der Waals surface area contributed by atoms with Gasteiger partial charge in [-0.1, -0.05) is 32.9 Å². The molecule has 3 atom stereocenters. The number of nitrogens with zero attached hydrogens (tertiary/aromatic N) is 3. The zero-order valence-electron chi connectivity index (χ0n) is 18.8. The smallest absolute Gasteiger partial charge is 0.171 e. The van der Waals surface area contributed by atoms with Crippen molar-refractivity contribution in [3.05, 3.63) is 42.2 Å². The molecule has 0 amide bonds. The van der Waals surface area contributed by atoms with Gasteiger partial charge in [0.05, 0.1) is 23.2 Å². The molecule has 32 heavy (non-hydrogen) atoms. The summed E-state index contributed by atoms with van der Waals surface area (Å²) in [5.41, 5.74) is 4.04. The molecule has 168 valence electrons. The molecule has 3 aromatic rings. The van der Waals surface area contributed by atoms with Crippen molar-refractivity contribution in [2.75, 3.05) is 30.0 Å². The monoisotopic (exact) mass is 452 g/mol. The van der Waals surface area contributed by atoms with Crippen molar-refractivity contribution in [1.82, 2.24) is 15.0 Å². The highest BCUT2D eigenvalue weighted by Gasteiger charge is 2.56. The van der Waals surface area contributed by atoms with E-state index in [1.807, 2.05) is 32.9 Å². The summed E-state index contributed by atoms with van der Waals surface area (Å²) < 4.78 is 23.2. The zero-order valence-corrected chi connectivity index (χ0v) is 19.6. The minimum Gasteiger partial charge on any atom is -0.371 e. The number of aromatic nitrogens is 3. The van der Waals surface area contributed by atoms with Crippen LogP contribution in [0.5, 0.6) is 0 Å². The van der Waals surface area contributed by atoms with Crippen LogP contribution in [0.3, 0.4) is 0 Å². The third kappa shape index (κ3) is 3.81. The van der Waals surface area contributed by atoms with Crippen LogP contribution >= 0.6 is 0 Å². The van der Waals surface area contributed by atoms with Gasteiger partial charge in [-0.2, -0.15) is 0 Å². The van der Waals surface area contributed by atoms with Crippen molar-refractivity contribution in [3.63, 3.8) is 0 Å². The Balaban J connectivity index is 1.39. The molecular weight excluding hydrogens is 424 g/mol. The molecule has 1 aliphatic carbocycles. The van der Waals surface area contributed by atoms with Gasteiger partial charge >= 0.3 is 0 Å². The number of benzene rings is 1. The van der Waals surface area contributed by atoms with Crippen molar-refractivity contribution in [2.24, 2.45) is 23.2 Å². The highest BCUT2D eigenvalue weighted by Crippen LogP contribution is 2.53. The first-order valence-electron chi connectivity index (χ1n) is 10.9. The molecule has 1 saturated heterocycles. The lowest BCUT2D eigenvalue weighted by atomic mass is 9.87. The number of carbonyl (C=O) groups is 1. The Morgan fingerprint density at radius 3 is 2.59 bits per heavy atom. The molecule has 1 N–H and O–H groups in total. The van der Waals surface area contributed by atoms with E-state index in [1.165, 1.54) is 6.26 Å². The van der Waals surface area contributed by atoms with Crippen LogP contribution in [0.1, 0.15) is 31.1 Å². The zero-order chi connectivity index (χ0) is 22.8. The Bertz CT molecular complexity index is 1310. The molecule has 1 saturated carbocycles. The summed E-state index contributed by atoms with van der Waals surface area (Å²) in [5, 5.41) is 0. The molecule has 1 aromatic carbocycles. The molecule has 2 aromatic heterocycles. The van der Waals surface area contributed by atoms with Crippen LogP contribution in [-0.2, 0) is 9.84 Å². The summed E-state index contributed by atoms with van der Waals surface area (Å²) in [6.45, 7) is 7.48. The fourth-order valence-corrected chi connectivity index (χ4v) is 6.12. The van der Waals surface area contributed by atoms with Gasteiger partial charge in [0.2, 0.25) is 0 Å². The van der Waals surface area contributed by atoms with Gasteiger partial charge in [-0.3, -0.25) is 4.79 Å². The lowest BCUT2D eigenvalue weighted by Crippen LogP contribution is -2.25. The maximum Gasteiger partial charge on any atom is 0.171 e. The van der Waals surface area contributed by atoms with E-state index in [-0.39, 0.29) is 5.78 Å². The second-order valence-electron chi connectivity index (χ2n) is 10.3. The number of hydrogen-bond donors (Lipinski definition) is 1. The first-order valence-corrected chi connectivity index (χ1v) is 13.0. The Kier molecular flexibility index (Phi) is 4.71. The highest BCUT2D eigenvalue weighted by atomic mass is 32.2. The van der Waals surface area contributed by atoms with E-state index in [0.29, 0.717) is 40.2 Å². The van der Waals surface area contributed by atoms with Crippen LogP contribution in [0.15, 0.2) is 36.7 Å². The number of piperidine rings is 1. The largest absolute Gasteiger partial charge is 0.371 e. The Hall–Kier alpha value is -2.74. The van der Waals surface area contributed by atoms with Gasteiger partial charge in [0, 0.05) is 42.2 Å². The molecule has 0 radical (unpaired) electrons. The molecule has 3 heterocycles. The fourth-order valence-electron chi connectivity index (χ4n) is 4.93. The van der Waals surface area contributed by atoms with Crippen LogP contribution in [0, 0.1) is 23.2 Å². The van der Waals surface area contributed by atoms with Crippen molar-refractivity contribution in [1.29, 1.82) is 0 Å². The predicted molar refractivity (Wildman–Crippen MR) is 126 cm³/mol. The topological polar surface area (TPSA) is 96.0 Å². The molecule has 5 rings (SSSR count). The quantitative estimate of drug-likeness (QED) is 0.595. The Morgan fingerprint density at radius 2 is 1.94 bits per heavy atom. The highest BCUT2D eigenvalue weighted by molar-refractivity contribution is 7.90. The SMILES string of the molecule is CC(C)(C)C(=O)c1c[nH]c2ncc(-c3cccc(N4C[C@@H]5C(CS(C)(=O)=O)[C@@H]5C4)c3)nc12. The number of carbonyl (C=O) groups excluding carboxylic acids is 1. The summed E-state index contributed by atoms with van der Waals surface area (Å²) in [7, 11) is -2.92. The first kappa shape index (κ1) is 21.1.